The zero-order valence-corrected chi connectivity index (χ0v) is 17.5. The van der Waals surface area contributed by atoms with Crippen LogP contribution in [0.1, 0.15) is 17.3 Å². The average molecular weight is 419 g/mol. The molecular formula is C23H26N6O2. The molecule has 2 aromatic carbocycles. The van der Waals surface area contributed by atoms with Crippen LogP contribution in [0.2, 0.25) is 0 Å². The molecule has 2 heterocycles. The van der Waals surface area contributed by atoms with Crippen molar-refractivity contribution in [3.63, 3.8) is 0 Å². The lowest BCUT2D eigenvalue weighted by Crippen LogP contribution is -2.47. The minimum atomic E-state index is -0.393. The highest BCUT2D eigenvalue weighted by Crippen LogP contribution is 2.31. The molecule has 0 saturated carbocycles. The van der Waals surface area contributed by atoms with Gasteiger partial charge in [-0.2, -0.15) is 0 Å². The summed E-state index contributed by atoms with van der Waals surface area (Å²) in [5.74, 6) is 0.765. The van der Waals surface area contributed by atoms with E-state index in [0.29, 0.717) is 35.2 Å². The molecule has 0 unspecified atom stereocenters. The van der Waals surface area contributed by atoms with E-state index in [1.165, 1.54) is 12.0 Å². The van der Waals surface area contributed by atoms with Crippen molar-refractivity contribution in [2.45, 2.75) is 6.92 Å². The van der Waals surface area contributed by atoms with Gasteiger partial charge in [0, 0.05) is 31.9 Å². The molecule has 1 fully saturated rings. The van der Waals surface area contributed by atoms with Gasteiger partial charge in [0.2, 0.25) is 0 Å². The van der Waals surface area contributed by atoms with E-state index < -0.39 is 5.97 Å². The van der Waals surface area contributed by atoms with Gasteiger partial charge in [0.15, 0.2) is 11.6 Å². The minimum Gasteiger partial charge on any atom is -0.462 e. The lowest BCUT2D eigenvalue weighted by Gasteiger charge is -2.37. The Labute approximate surface area is 181 Å². The molecule has 8 heteroatoms. The number of para-hydroxylation sites is 2. The summed E-state index contributed by atoms with van der Waals surface area (Å²) in [5.41, 5.74) is 9.13. The van der Waals surface area contributed by atoms with Crippen molar-refractivity contribution in [2.75, 3.05) is 53.6 Å². The van der Waals surface area contributed by atoms with Gasteiger partial charge < -0.3 is 25.6 Å². The number of carbonyl (C=O) groups excluding carboxylic acids is 1. The second kappa shape index (κ2) is 9.34. The summed E-state index contributed by atoms with van der Waals surface area (Å²) >= 11 is 0. The van der Waals surface area contributed by atoms with Crippen molar-refractivity contribution >= 4 is 34.7 Å². The summed E-state index contributed by atoms with van der Waals surface area (Å²) in [6.07, 6.45) is 1.49. The van der Waals surface area contributed by atoms with Gasteiger partial charge in [-0.05, 0) is 31.2 Å². The molecule has 3 aromatic rings. The maximum absolute atomic E-state index is 12.3. The first kappa shape index (κ1) is 20.5. The fraction of sp³-hybridized carbons (Fsp3) is 0.261. The number of aromatic nitrogens is 2. The van der Waals surface area contributed by atoms with Gasteiger partial charge in [0.25, 0.3) is 0 Å². The number of anilines is 5. The first-order chi connectivity index (χ1) is 15.2. The Morgan fingerprint density at radius 1 is 1.00 bits per heavy atom. The van der Waals surface area contributed by atoms with Crippen LogP contribution in [0.4, 0.5) is 28.7 Å². The highest BCUT2D eigenvalue weighted by molar-refractivity contribution is 5.97. The number of nitrogens with two attached hydrogens (primary N) is 1. The fourth-order valence-electron chi connectivity index (χ4n) is 3.66. The SMILES string of the molecule is CCOC(=O)c1ccccc1Nc1ncnc(N2CCN(c3ccccc3)CC2)c1N. The summed E-state index contributed by atoms with van der Waals surface area (Å²) in [5, 5.41) is 3.18. The van der Waals surface area contributed by atoms with Gasteiger partial charge in [0.1, 0.15) is 12.0 Å². The molecule has 0 aliphatic carbocycles. The van der Waals surface area contributed by atoms with E-state index in [1.54, 1.807) is 25.1 Å². The Morgan fingerprint density at radius 3 is 2.42 bits per heavy atom. The Hall–Kier alpha value is -3.81. The molecule has 31 heavy (non-hydrogen) atoms. The fourth-order valence-corrected chi connectivity index (χ4v) is 3.66. The lowest BCUT2D eigenvalue weighted by molar-refractivity contribution is 0.0527. The van der Waals surface area contributed by atoms with Gasteiger partial charge in [-0.15, -0.1) is 0 Å². The molecule has 0 amide bonds. The molecule has 1 aliphatic rings. The number of benzene rings is 2. The van der Waals surface area contributed by atoms with Crippen LogP contribution in [0.25, 0.3) is 0 Å². The summed E-state index contributed by atoms with van der Waals surface area (Å²) in [4.78, 5) is 25.5. The van der Waals surface area contributed by atoms with Crippen LogP contribution in [0.5, 0.6) is 0 Å². The number of rotatable bonds is 6. The van der Waals surface area contributed by atoms with Crippen molar-refractivity contribution in [3.8, 4) is 0 Å². The maximum atomic E-state index is 12.3. The van der Waals surface area contributed by atoms with Gasteiger partial charge in [-0.3, -0.25) is 0 Å². The molecule has 3 N–H and O–H groups in total. The zero-order chi connectivity index (χ0) is 21.6. The van der Waals surface area contributed by atoms with Crippen molar-refractivity contribution in [2.24, 2.45) is 0 Å². The molecule has 1 aliphatic heterocycles. The predicted molar refractivity (Wildman–Crippen MR) is 123 cm³/mol. The second-order valence-corrected chi connectivity index (χ2v) is 7.16. The molecule has 0 spiro atoms. The Balaban J connectivity index is 1.51. The Kier molecular flexibility index (Phi) is 6.16. The molecule has 1 aromatic heterocycles. The number of ether oxygens (including phenoxy) is 1. The molecule has 4 rings (SSSR count). The van der Waals surface area contributed by atoms with Gasteiger partial charge in [-0.1, -0.05) is 30.3 Å². The average Bonchev–Trinajstić information content (AvgIpc) is 2.82. The van der Waals surface area contributed by atoms with E-state index in [4.69, 9.17) is 10.5 Å². The molecular weight excluding hydrogens is 392 g/mol. The monoisotopic (exact) mass is 418 g/mol. The number of carbonyl (C=O) groups is 1. The highest BCUT2D eigenvalue weighted by Gasteiger charge is 2.22. The van der Waals surface area contributed by atoms with Crippen molar-refractivity contribution in [1.29, 1.82) is 0 Å². The van der Waals surface area contributed by atoms with Crippen LogP contribution in [0.15, 0.2) is 60.9 Å². The van der Waals surface area contributed by atoms with E-state index in [9.17, 15) is 4.79 Å². The summed E-state index contributed by atoms with van der Waals surface area (Å²) in [6, 6.07) is 17.5. The van der Waals surface area contributed by atoms with Gasteiger partial charge in [-0.25, -0.2) is 14.8 Å². The third-order valence-corrected chi connectivity index (χ3v) is 5.24. The van der Waals surface area contributed by atoms with Crippen LogP contribution in [0.3, 0.4) is 0 Å². The number of esters is 1. The molecule has 0 atom stereocenters. The quantitative estimate of drug-likeness (QED) is 0.589. The number of nitrogens with zero attached hydrogens (tertiary/aromatic N) is 4. The summed E-state index contributed by atoms with van der Waals surface area (Å²) < 4.78 is 5.15. The number of hydrogen-bond acceptors (Lipinski definition) is 8. The van der Waals surface area contributed by atoms with E-state index >= 15 is 0 Å². The number of nitrogens with one attached hydrogen (secondary N) is 1. The highest BCUT2D eigenvalue weighted by atomic mass is 16.5. The molecule has 0 bridgehead atoms. The Bertz CT molecular complexity index is 1040. The smallest absolute Gasteiger partial charge is 0.340 e. The van der Waals surface area contributed by atoms with Crippen LogP contribution < -0.4 is 20.9 Å². The first-order valence-corrected chi connectivity index (χ1v) is 10.4. The molecule has 160 valence electrons. The van der Waals surface area contributed by atoms with Gasteiger partial charge >= 0.3 is 5.97 Å². The Morgan fingerprint density at radius 2 is 1.68 bits per heavy atom. The largest absolute Gasteiger partial charge is 0.462 e. The van der Waals surface area contributed by atoms with E-state index in [-0.39, 0.29) is 0 Å². The summed E-state index contributed by atoms with van der Waals surface area (Å²) in [7, 11) is 0. The third-order valence-electron chi connectivity index (χ3n) is 5.24. The number of piperazine rings is 1. The van der Waals surface area contributed by atoms with E-state index in [0.717, 1.165) is 26.2 Å². The standard InChI is InChI=1S/C23H26N6O2/c1-2-31-23(30)18-10-6-7-11-19(18)27-21-20(24)22(26-16-25-21)29-14-12-28(13-15-29)17-8-4-3-5-9-17/h3-11,16H,2,12-15,24H2,1H3,(H,25,26,27). The van der Waals surface area contributed by atoms with E-state index in [1.807, 2.05) is 12.1 Å². The minimum absolute atomic E-state index is 0.307. The zero-order valence-electron chi connectivity index (χ0n) is 17.5. The van der Waals surface area contributed by atoms with Crippen molar-refractivity contribution < 1.29 is 9.53 Å². The topological polar surface area (TPSA) is 96.6 Å². The normalized spacial score (nSPS) is 13.7. The second-order valence-electron chi connectivity index (χ2n) is 7.16. The lowest BCUT2D eigenvalue weighted by atomic mass is 10.1. The summed E-state index contributed by atoms with van der Waals surface area (Å²) in [6.45, 7) is 5.44. The van der Waals surface area contributed by atoms with Crippen molar-refractivity contribution in [1.82, 2.24) is 9.97 Å². The van der Waals surface area contributed by atoms with Crippen LogP contribution in [-0.4, -0.2) is 48.7 Å². The third kappa shape index (κ3) is 4.53. The molecule has 8 nitrogen and oxygen atoms in total. The van der Waals surface area contributed by atoms with Gasteiger partial charge in [0.05, 0.1) is 17.9 Å². The van der Waals surface area contributed by atoms with Crippen molar-refractivity contribution in [3.05, 3.63) is 66.5 Å². The number of nitrogen functional groups attached to an aromatic ring is 1. The first-order valence-electron chi connectivity index (χ1n) is 10.4. The van der Waals surface area contributed by atoms with E-state index in [2.05, 4.69) is 49.4 Å². The number of hydrogen-bond donors (Lipinski definition) is 2. The van der Waals surface area contributed by atoms with Crippen LogP contribution >= 0.6 is 0 Å². The molecule has 1 saturated heterocycles. The van der Waals surface area contributed by atoms with Crippen LogP contribution in [0, 0.1) is 0 Å². The van der Waals surface area contributed by atoms with Crippen LogP contribution in [-0.2, 0) is 4.74 Å². The molecule has 0 radical (unpaired) electrons. The predicted octanol–water partition coefficient (Wildman–Crippen LogP) is 3.31. The maximum Gasteiger partial charge on any atom is 0.340 e.